The van der Waals surface area contributed by atoms with Crippen LogP contribution in [0.5, 0.6) is 0 Å². The van der Waals surface area contributed by atoms with Crippen LogP contribution in [-0.2, 0) is 27.2 Å². The minimum absolute atomic E-state index is 0.213. The molecule has 0 spiro atoms. The fourth-order valence-corrected chi connectivity index (χ4v) is 3.50. The van der Waals surface area contributed by atoms with Crippen LogP contribution in [0.25, 0.3) is 0 Å². The van der Waals surface area contributed by atoms with Gasteiger partial charge in [0.2, 0.25) is 0 Å². The molecular weight excluding hydrogens is 322 g/mol. The molecule has 1 N–H and O–H groups in total. The van der Waals surface area contributed by atoms with Crippen molar-refractivity contribution in [1.29, 1.82) is 0 Å². The molecule has 25 heavy (non-hydrogen) atoms. The van der Waals surface area contributed by atoms with Crippen molar-refractivity contribution < 1.29 is 19.1 Å². The third-order valence-electron chi connectivity index (χ3n) is 5.07. The Labute approximate surface area is 146 Å². The first kappa shape index (κ1) is 17.4. The highest BCUT2D eigenvalue weighted by Gasteiger charge is 2.40. The molecule has 2 aliphatic rings. The Morgan fingerprint density at radius 2 is 1.80 bits per heavy atom. The molecule has 1 heterocycles. The molecule has 134 valence electrons. The van der Waals surface area contributed by atoms with E-state index in [4.69, 9.17) is 4.74 Å². The summed E-state index contributed by atoms with van der Waals surface area (Å²) in [4.78, 5) is 38.9. The number of nitrogens with one attached hydrogen (secondary N) is 1. The largest absolute Gasteiger partial charge is 0.376 e. The number of likely N-dealkylation sites (N-methyl/N-ethyl adjacent to an activating group) is 1. The van der Waals surface area contributed by atoms with Gasteiger partial charge in [0.25, 0.3) is 0 Å². The van der Waals surface area contributed by atoms with Crippen LogP contribution in [0.1, 0.15) is 18.1 Å². The van der Waals surface area contributed by atoms with Crippen molar-refractivity contribution in [2.75, 3.05) is 33.3 Å². The van der Waals surface area contributed by atoms with E-state index in [1.807, 2.05) is 12.1 Å². The third kappa shape index (κ3) is 3.24. The Hall–Kier alpha value is -2.41. The van der Waals surface area contributed by atoms with Crippen LogP contribution in [0.4, 0.5) is 4.79 Å². The Bertz CT molecular complexity index is 678. The average Bonchev–Trinajstić information content (AvgIpc) is 3.01. The van der Waals surface area contributed by atoms with Gasteiger partial charge in [-0.3, -0.25) is 14.5 Å². The highest BCUT2D eigenvalue weighted by Crippen LogP contribution is 2.32. The summed E-state index contributed by atoms with van der Waals surface area (Å²) in [7, 11) is 1.63. The number of hydrogen-bond donors (Lipinski definition) is 1. The predicted molar refractivity (Wildman–Crippen MR) is 91.0 cm³/mol. The first-order chi connectivity index (χ1) is 12.0. The Morgan fingerprint density at radius 1 is 1.16 bits per heavy atom. The molecule has 0 radical (unpaired) electrons. The second kappa shape index (κ2) is 6.84. The molecule has 4 amide bonds. The summed E-state index contributed by atoms with van der Waals surface area (Å²) in [5, 5.41) is 2.78. The van der Waals surface area contributed by atoms with E-state index in [0.717, 1.165) is 4.90 Å². The zero-order chi connectivity index (χ0) is 18.0. The highest BCUT2D eigenvalue weighted by molar-refractivity contribution is 6.38. The zero-order valence-corrected chi connectivity index (χ0v) is 14.6. The van der Waals surface area contributed by atoms with E-state index in [9.17, 15) is 14.4 Å². The predicted octanol–water partition coefficient (Wildman–Crippen LogP) is 0.571. The van der Waals surface area contributed by atoms with Gasteiger partial charge in [0.1, 0.15) is 0 Å². The number of rotatable bonds is 4. The normalized spacial score (nSPS) is 19.1. The van der Waals surface area contributed by atoms with Gasteiger partial charge in [-0.25, -0.2) is 4.79 Å². The van der Waals surface area contributed by atoms with E-state index in [2.05, 4.69) is 17.4 Å². The molecule has 1 fully saturated rings. The fourth-order valence-electron chi connectivity index (χ4n) is 3.50. The number of nitrogens with zero attached hydrogens (tertiary/aromatic N) is 2. The molecular formula is C18H23N3O4. The van der Waals surface area contributed by atoms with Gasteiger partial charge in [0.05, 0.1) is 5.60 Å². The van der Waals surface area contributed by atoms with Gasteiger partial charge in [0, 0.05) is 46.1 Å². The molecule has 1 aliphatic carbocycles. The Balaban J connectivity index is 1.62. The van der Waals surface area contributed by atoms with Gasteiger partial charge < -0.3 is 15.0 Å². The van der Waals surface area contributed by atoms with Gasteiger partial charge in [-0.2, -0.15) is 0 Å². The topological polar surface area (TPSA) is 79.0 Å². The number of amides is 4. The number of methoxy groups -OCH3 is 1. The van der Waals surface area contributed by atoms with Crippen molar-refractivity contribution in [2.45, 2.75) is 25.4 Å². The Morgan fingerprint density at radius 3 is 2.36 bits per heavy atom. The monoisotopic (exact) mass is 345 g/mol. The second-order valence-electron chi connectivity index (χ2n) is 6.51. The maximum Gasteiger partial charge on any atom is 0.324 e. The number of carbonyl (C=O) groups excluding carboxylic acids is 3. The van der Waals surface area contributed by atoms with E-state index >= 15 is 0 Å². The van der Waals surface area contributed by atoms with Gasteiger partial charge in [0.15, 0.2) is 0 Å². The fraction of sp³-hybridized carbons (Fsp3) is 0.500. The van der Waals surface area contributed by atoms with Crippen LogP contribution in [0.15, 0.2) is 24.3 Å². The molecule has 1 aliphatic heterocycles. The minimum atomic E-state index is -0.772. The molecule has 0 bridgehead atoms. The van der Waals surface area contributed by atoms with E-state index in [1.165, 1.54) is 16.0 Å². The summed E-state index contributed by atoms with van der Waals surface area (Å²) in [6.45, 7) is 3.14. The molecule has 7 heteroatoms. The number of carbonyl (C=O) groups is 3. The van der Waals surface area contributed by atoms with Gasteiger partial charge in [-0.15, -0.1) is 0 Å². The maximum absolute atomic E-state index is 12.4. The third-order valence-corrected chi connectivity index (χ3v) is 5.07. The number of fused-ring (bicyclic) bond motifs is 1. The van der Waals surface area contributed by atoms with Crippen molar-refractivity contribution in [3.8, 4) is 0 Å². The first-order valence-corrected chi connectivity index (χ1v) is 8.50. The summed E-state index contributed by atoms with van der Waals surface area (Å²) in [5.41, 5.74) is 1.90. The zero-order valence-electron chi connectivity index (χ0n) is 14.6. The van der Waals surface area contributed by atoms with Crippen LogP contribution in [0.2, 0.25) is 0 Å². The summed E-state index contributed by atoms with van der Waals surface area (Å²) < 4.78 is 5.71. The maximum atomic E-state index is 12.4. The lowest BCUT2D eigenvalue weighted by Crippen LogP contribution is -2.59. The summed E-state index contributed by atoms with van der Waals surface area (Å²) in [6, 6.07) is 7.55. The lowest BCUT2D eigenvalue weighted by atomic mass is 10.0. The van der Waals surface area contributed by atoms with E-state index < -0.39 is 23.4 Å². The Kier molecular flexibility index (Phi) is 4.76. The lowest BCUT2D eigenvalue weighted by Gasteiger charge is -2.33. The van der Waals surface area contributed by atoms with Crippen LogP contribution >= 0.6 is 0 Å². The number of piperazine rings is 1. The van der Waals surface area contributed by atoms with Crippen LogP contribution in [0, 0.1) is 0 Å². The van der Waals surface area contributed by atoms with Crippen molar-refractivity contribution in [3.63, 3.8) is 0 Å². The van der Waals surface area contributed by atoms with Gasteiger partial charge in [-0.05, 0) is 18.1 Å². The van der Waals surface area contributed by atoms with Crippen molar-refractivity contribution >= 4 is 17.8 Å². The summed E-state index contributed by atoms with van der Waals surface area (Å²) in [6.07, 6.45) is 1.41. The van der Waals surface area contributed by atoms with Crippen molar-refractivity contribution in [2.24, 2.45) is 0 Å². The standard InChI is InChI=1S/C18H23N3O4/c1-3-20-8-9-21(16(23)15(20)22)17(24)19-12-18(25-2)10-13-6-4-5-7-14(13)11-18/h4-7H,3,8-12H2,1-2H3,(H,19,24). The smallest absolute Gasteiger partial charge is 0.324 e. The number of ether oxygens (including phenoxy) is 1. The quantitative estimate of drug-likeness (QED) is 0.809. The number of hydrogen-bond acceptors (Lipinski definition) is 4. The first-order valence-electron chi connectivity index (χ1n) is 8.50. The molecule has 7 nitrogen and oxygen atoms in total. The van der Waals surface area contributed by atoms with Crippen LogP contribution in [-0.4, -0.2) is 66.5 Å². The van der Waals surface area contributed by atoms with Gasteiger partial charge >= 0.3 is 17.8 Å². The second-order valence-corrected chi connectivity index (χ2v) is 6.51. The molecule has 1 aromatic rings. The average molecular weight is 345 g/mol. The van der Waals surface area contributed by atoms with Gasteiger partial charge in [-0.1, -0.05) is 24.3 Å². The van der Waals surface area contributed by atoms with E-state index in [1.54, 1.807) is 14.0 Å². The SMILES string of the molecule is CCN1CCN(C(=O)NCC2(OC)Cc3ccccc3C2)C(=O)C1=O. The van der Waals surface area contributed by atoms with Crippen LogP contribution in [0.3, 0.4) is 0 Å². The molecule has 0 saturated carbocycles. The van der Waals surface area contributed by atoms with Crippen LogP contribution < -0.4 is 5.32 Å². The molecule has 0 unspecified atom stereocenters. The minimum Gasteiger partial charge on any atom is -0.376 e. The van der Waals surface area contributed by atoms with E-state index in [-0.39, 0.29) is 13.1 Å². The molecule has 3 rings (SSSR count). The number of benzene rings is 1. The summed E-state index contributed by atoms with van der Waals surface area (Å²) in [5.74, 6) is -1.40. The number of urea groups is 1. The number of imide groups is 1. The van der Waals surface area contributed by atoms with E-state index in [0.29, 0.717) is 25.9 Å². The molecule has 1 saturated heterocycles. The highest BCUT2D eigenvalue weighted by atomic mass is 16.5. The summed E-state index contributed by atoms with van der Waals surface area (Å²) >= 11 is 0. The molecule has 0 aromatic heterocycles. The van der Waals surface area contributed by atoms with Crippen molar-refractivity contribution in [3.05, 3.63) is 35.4 Å². The molecule has 1 aromatic carbocycles. The molecule has 0 atom stereocenters. The lowest BCUT2D eigenvalue weighted by molar-refractivity contribution is -0.153. The van der Waals surface area contributed by atoms with Crippen molar-refractivity contribution in [1.82, 2.24) is 15.1 Å².